The average molecular weight is 473 g/mol. The number of hydrogen-bond acceptors (Lipinski definition) is 5. The number of carbonyl (C=O) groups excluding carboxylic acids is 3. The first-order chi connectivity index (χ1) is 15.7. The molecule has 0 saturated carbocycles. The highest BCUT2D eigenvalue weighted by Crippen LogP contribution is 2.30. The molecule has 0 bridgehead atoms. The van der Waals surface area contributed by atoms with Crippen LogP contribution in [0.4, 0.5) is 4.79 Å². The van der Waals surface area contributed by atoms with Gasteiger partial charge in [0.25, 0.3) is 11.8 Å². The van der Waals surface area contributed by atoms with E-state index in [1.165, 1.54) is 0 Å². The van der Waals surface area contributed by atoms with Crippen molar-refractivity contribution < 1.29 is 19.1 Å². The molecule has 176 valence electrons. The van der Waals surface area contributed by atoms with Crippen LogP contribution in [0.5, 0.6) is 5.75 Å². The molecule has 3 rings (SSSR count). The van der Waals surface area contributed by atoms with Gasteiger partial charge in [-0.2, -0.15) is 5.01 Å². The number of halogens is 1. The minimum Gasteiger partial charge on any atom is -0.497 e. The third kappa shape index (κ3) is 4.82. The largest absolute Gasteiger partial charge is 0.497 e. The summed E-state index contributed by atoms with van der Waals surface area (Å²) < 4.78 is 5.14. The molecule has 3 N–H and O–H groups in total. The summed E-state index contributed by atoms with van der Waals surface area (Å²) in [5.74, 6) is -0.440. The number of carbonyl (C=O) groups is 3. The molecule has 8 nitrogen and oxygen atoms in total. The fraction of sp³-hybridized carbons (Fsp3) is 0.375. The molecule has 1 aliphatic rings. The number of nitrogens with one attached hydrogen (secondary N) is 3. The third-order valence-electron chi connectivity index (χ3n) is 6.29. The molecule has 1 unspecified atom stereocenters. The standard InChI is InChI=1S/C24H29ClN4O4/c1-5-24(6-2,17-7-11-18(25)12-8-17)26-15-20(30)28-29-21(31)23(3,27-22(29)32)16-9-13-19(33-4)14-10-16/h7-14,26H,5-6,15H2,1-4H3,(H,27,32)(H,28,30). The number of imide groups is 1. The second-order valence-electron chi connectivity index (χ2n) is 8.11. The number of nitrogens with zero attached hydrogens (tertiary/aromatic N) is 1. The van der Waals surface area contributed by atoms with Crippen molar-refractivity contribution in [2.45, 2.75) is 44.7 Å². The van der Waals surface area contributed by atoms with Crippen molar-refractivity contribution in [1.82, 2.24) is 21.1 Å². The van der Waals surface area contributed by atoms with E-state index in [9.17, 15) is 14.4 Å². The molecular formula is C24H29ClN4O4. The highest BCUT2D eigenvalue weighted by Gasteiger charge is 2.50. The van der Waals surface area contributed by atoms with Crippen molar-refractivity contribution in [3.05, 3.63) is 64.7 Å². The van der Waals surface area contributed by atoms with Crippen LogP contribution in [-0.2, 0) is 20.7 Å². The molecule has 1 saturated heterocycles. The third-order valence-corrected chi connectivity index (χ3v) is 6.54. The van der Waals surface area contributed by atoms with Crippen molar-refractivity contribution in [2.75, 3.05) is 13.7 Å². The highest BCUT2D eigenvalue weighted by atomic mass is 35.5. The summed E-state index contributed by atoms with van der Waals surface area (Å²) in [7, 11) is 1.54. The van der Waals surface area contributed by atoms with Gasteiger partial charge in [-0.3, -0.25) is 20.3 Å². The van der Waals surface area contributed by atoms with E-state index in [0.717, 1.165) is 23.4 Å². The molecule has 1 heterocycles. The van der Waals surface area contributed by atoms with Crippen LogP contribution in [0.15, 0.2) is 48.5 Å². The molecule has 0 aromatic heterocycles. The predicted octanol–water partition coefficient (Wildman–Crippen LogP) is 3.45. The lowest BCUT2D eigenvalue weighted by Crippen LogP contribution is -2.53. The maximum absolute atomic E-state index is 13.1. The van der Waals surface area contributed by atoms with E-state index in [4.69, 9.17) is 16.3 Å². The van der Waals surface area contributed by atoms with Gasteiger partial charge in [-0.1, -0.05) is 49.7 Å². The zero-order chi connectivity index (χ0) is 24.2. The number of amides is 4. The molecule has 0 aliphatic carbocycles. The number of ether oxygens (including phenoxy) is 1. The van der Waals surface area contributed by atoms with Gasteiger partial charge < -0.3 is 10.1 Å². The predicted molar refractivity (Wildman–Crippen MR) is 126 cm³/mol. The van der Waals surface area contributed by atoms with Crippen molar-refractivity contribution in [3.8, 4) is 5.75 Å². The Morgan fingerprint density at radius 3 is 2.24 bits per heavy atom. The number of hydrazine groups is 1. The molecular weight excluding hydrogens is 444 g/mol. The van der Waals surface area contributed by atoms with Crippen LogP contribution in [0.2, 0.25) is 5.02 Å². The van der Waals surface area contributed by atoms with Crippen molar-refractivity contribution in [3.63, 3.8) is 0 Å². The molecule has 1 fully saturated rings. The van der Waals surface area contributed by atoms with E-state index in [1.807, 2.05) is 38.1 Å². The summed E-state index contributed by atoms with van der Waals surface area (Å²) in [5.41, 5.74) is 2.27. The van der Waals surface area contributed by atoms with Crippen LogP contribution in [0.1, 0.15) is 44.7 Å². The molecule has 0 radical (unpaired) electrons. The van der Waals surface area contributed by atoms with Crippen LogP contribution in [-0.4, -0.2) is 36.5 Å². The number of benzene rings is 2. The maximum atomic E-state index is 13.1. The number of rotatable bonds is 9. The van der Waals surface area contributed by atoms with E-state index in [1.54, 1.807) is 38.3 Å². The zero-order valence-corrected chi connectivity index (χ0v) is 20.0. The SMILES string of the molecule is CCC(CC)(NCC(=O)NN1C(=O)NC(C)(c2ccc(OC)cc2)C1=O)c1ccc(Cl)cc1. The first-order valence-electron chi connectivity index (χ1n) is 10.8. The highest BCUT2D eigenvalue weighted by molar-refractivity contribution is 6.30. The van der Waals surface area contributed by atoms with Gasteiger partial charge in [-0.05, 0) is 55.2 Å². The molecule has 1 aliphatic heterocycles. The molecule has 4 amide bonds. The van der Waals surface area contributed by atoms with Gasteiger partial charge in [0.1, 0.15) is 11.3 Å². The van der Waals surface area contributed by atoms with E-state index in [0.29, 0.717) is 16.3 Å². The normalized spacial score (nSPS) is 18.3. The lowest BCUT2D eigenvalue weighted by Gasteiger charge is -2.34. The minimum absolute atomic E-state index is 0.0827. The molecule has 9 heteroatoms. The van der Waals surface area contributed by atoms with Crippen molar-refractivity contribution >= 4 is 29.4 Å². The Kier molecular flexibility index (Phi) is 7.29. The maximum Gasteiger partial charge on any atom is 0.344 e. The first-order valence-corrected chi connectivity index (χ1v) is 11.2. The van der Waals surface area contributed by atoms with Crippen LogP contribution >= 0.6 is 11.6 Å². The summed E-state index contributed by atoms with van der Waals surface area (Å²) in [4.78, 5) is 38.3. The summed E-state index contributed by atoms with van der Waals surface area (Å²) in [6.07, 6.45) is 1.47. The van der Waals surface area contributed by atoms with Gasteiger partial charge in [0, 0.05) is 10.6 Å². The summed E-state index contributed by atoms with van der Waals surface area (Å²) in [5, 5.41) is 7.33. The van der Waals surface area contributed by atoms with Gasteiger partial charge in [0.2, 0.25) is 0 Å². The van der Waals surface area contributed by atoms with Gasteiger partial charge in [0.05, 0.1) is 13.7 Å². The quantitative estimate of drug-likeness (QED) is 0.485. The zero-order valence-electron chi connectivity index (χ0n) is 19.2. The Labute approximate surface area is 198 Å². The van der Waals surface area contributed by atoms with Crippen LogP contribution in [0.3, 0.4) is 0 Å². The van der Waals surface area contributed by atoms with E-state index in [-0.39, 0.29) is 6.54 Å². The first kappa shape index (κ1) is 24.5. The van der Waals surface area contributed by atoms with Gasteiger partial charge in [0.15, 0.2) is 0 Å². The number of hydrogen-bond donors (Lipinski definition) is 3. The molecule has 1 atom stereocenters. The van der Waals surface area contributed by atoms with Crippen molar-refractivity contribution in [1.29, 1.82) is 0 Å². The second kappa shape index (κ2) is 9.80. The summed E-state index contributed by atoms with van der Waals surface area (Å²) in [6, 6.07) is 13.6. The van der Waals surface area contributed by atoms with Gasteiger partial charge in [-0.15, -0.1) is 0 Å². The van der Waals surface area contributed by atoms with E-state index >= 15 is 0 Å². The summed E-state index contributed by atoms with van der Waals surface area (Å²) in [6.45, 7) is 5.57. The lowest BCUT2D eigenvalue weighted by molar-refractivity contribution is -0.138. The minimum atomic E-state index is -1.30. The van der Waals surface area contributed by atoms with Crippen LogP contribution in [0.25, 0.3) is 0 Å². The molecule has 0 spiro atoms. The Hall–Kier alpha value is -3.10. The van der Waals surface area contributed by atoms with E-state index in [2.05, 4.69) is 16.1 Å². The molecule has 33 heavy (non-hydrogen) atoms. The van der Waals surface area contributed by atoms with Crippen molar-refractivity contribution in [2.24, 2.45) is 0 Å². The van der Waals surface area contributed by atoms with Gasteiger partial charge in [-0.25, -0.2) is 4.79 Å². The molecule has 2 aromatic carbocycles. The monoisotopic (exact) mass is 472 g/mol. The molecule has 2 aromatic rings. The topological polar surface area (TPSA) is 99.8 Å². The van der Waals surface area contributed by atoms with Gasteiger partial charge >= 0.3 is 6.03 Å². The second-order valence-corrected chi connectivity index (χ2v) is 8.55. The Bertz CT molecular complexity index is 1020. The Balaban J connectivity index is 1.69. The van der Waals surface area contributed by atoms with Crippen LogP contribution < -0.4 is 20.8 Å². The average Bonchev–Trinajstić information content (AvgIpc) is 3.04. The number of methoxy groups -OCH3 is 1. The fourth-order valence-corrected chi connectivity index (χ4v) is 4.18. The Morgan fingerprint density at radius 1 is 1.09 bits per heavy atom. The number of urea groups is 1. The lowest BCUT2D eigenvalue weighted by atomic mass is 9.84. The van der Waals surface area contributed by atoms with E-state index < -0.39 is 28.9 Å². The van der Waals surface area contributed by atoms with Crippen LogP contribution in [0, 0.1) is 0 Å². The summed E-state index contributed by atoms with van der Waals surface area (Å²) >= 11 is 6.01. The Morgan fingerprint density at radius 2 is 1.70 bits per heavy atom. The fourth-order valence-electron chi connectivity index (χ4n) is 4.05. The smallest absolute Gasteiger partial charge is 0.344 e.